The fourth-order valence-electron chi connectivity index (χ4n) is 2.87. The van der Waals surface area contributed by atoms with Crippen molar-refractivity contribution in [3.8, 4) is 0 Å². The summed E-state index contributed by atoms with van der Waals surface area (Å²) in [4.78, 5) is 27.0. The smallest absolute Gasteiger partial charge is 0.326 e. The van der Waals surface area contributed by atoms with E-state index in [4.69, 9.17) is 0 Å². The molecule has 0 spiro atoms. The molecule has 0 aliphatic heterocycles. The highest BCUT2D eigenvalue weighted by Gasteiger charge is 2.06. The second-order valence-corrected chi connectivity index (χ2v) is 5.78. The molecule has 128 valence electrons. The Bertz CT molecular complexity index is 952. The van der Waals surface area contributed by atoms with E-state index in [2.05, 4.69) is 10.3 Å². The zero-order valence-corrected chi connectivity index (χ0v) is 14.2. The van der Waals surface area contributed by atoms with Crippen LogP contribution in [0.4, 0.5) is 0 Å². The van der Waals surface area contributed by atoms with Crippen molar-refractivity contribution in [3.63, 3.8) is 0 Å². The number of hydrogen-bond acceptors (Lipinski definition) is 2. The molecule has 2 aromatic carbocycles. The highest BCUT2D eigenvalue weighted by Crippen LogP contribution is 2.17. The van der Waals surface area contributed by atoms with E-state index in [0.29, 0.717) is 13.1 Å². The number of rotatable bonds is 6. The predicted molar refractivity (Wildman–Crippen MR) is 100 cm³/mol. The number of H-pyrrole nitrogens is 1. The summed E-state index contributed by atoms with van der Waals surface area (Å²) in [7, 11) is 0. The summed E-state index contributed by atoms with van der Waals surface area (Å²) >= 11 is 0. The molecule has 0 unspecified atom stereocenters. The number of imidazole rings is 1. The minimum Gasteiger partial charge on any atom is -0.351 e. The lowest BCUT2D eigenvalue weighted by molar-refractivity contribution is -0.116. The monoisotopic (exact) mass is 335 g/mol. The van der Waals surface area contributed by atoms with Gasteiger partial charge >= 0.3 is 5.69 Å². The molecular weight excluding hydrogens is 314 g/mol. The van der Waals surface area contributed by atoms with Gasteiger partial charge in [0, 0.05) is 19.2 Å². The summed E-state index contributed by atoms with van der Waals surface area (Å²) in [6.07, 6.45) is 2.41. The molecule has 0 radical (unpaired) electrons. The lowest BCUT2D eigenvalue weighted by atomic mass is 10.0. The topological polar surface area (TPSA) is 66.9 Å². The standard InChI is InChI=1S/C20H21N3O2/c1-2-15(16-8-4-3-5-9-16)14-19(24)21-12-13-23-18-11-7-6-10-17(18)22-20(23)25/h3-11,14H,2,12-13H2,1H3,(H,21,24)(H,22,25)/b15-14+. The second-order valence-electron chi connectivity index (χ2n) is 5.78. The van der Waals surface area contributed by atoms with Crippen LogP contribution in [-0.4, -0.2) is 22.0 Å². The quantitative estimate of drug-likeness (QED) is 0.680. The molecule has 0 saturated heterocycles. The minimum atomic E-state index is -0.162. The molecular formula is C20H21N3O2. The van der Waals surface area contributed by atoms with Crippen molar-refractivity contribution in [3.05, 3.63) is 76.7 Å². The molecule has 3 aromatic rings. The second kappa shape index (κ2) is 7.66. The SMILES string of the molecule is CC/C(=C\C(=O)NCCn1c(=O)[nH]c2ccccc21)c1ccccc1. The van der Waals surface area contributed by atoms with Crippen LogP contribution in [-0.2, 0) is 11.3 Å². The number of allylic oxidation sites excluding steroid dienone is 1. The maximum absolute atomic E-state index is 12.2. The van der Waals surface area contributed by atoms with Crippen LogP contribution in [0.15, 0.2) is 65.5 Å². The summed E-state index contributed by atoms with van der Waals surface area (Å²) in [6.45, 7) is 2.84. The molecule has 2 N–H and O–H groups in total. The van der Waals surface area contributed by atoms with Crippen molar-refractivity contribution < 1.29 is 4.79 Å². The molecule has 0 saturated carbocycles. The zero-order valence-electron chi connectivity index (χ0n) is 14.2. The maximum atomic E-state index is 12.2. The minimum absolute atomic E-state index is 0.145. The average molecular weight is 335 g/mol. The van der Waals surface area contributed by atoms with Gasteiger partial charge in [0.1, 0.15) is 0 Å². The number of amides is 1. The highest BCUT2D eigenvalue weighted by molar-refractivity contribution is 5.95. The van der Waals surface area contributed by atoms with Crippen LogP contribution in [0.5, 0.6) is 0 Å². The summed E-state index contributed by atoms with van der Waals surface area (Å²) < 4.78 is 1.64. The van der Waals surface area contributed by atoms with Gasteiger partial charge in [-0.05, 0) is 29.7 Å². The number of fused-ring (bicyclic) bond motifs is 1. The summed E-state index contributed by atoms with van der Waals surface area (Å²) in [6, 6.07) is 17.4. The predicted octanol–water partition coefficient (Wildman–Crippen LogP) is 2.94. The molecule has 5 heteroatoms. The highest BCUT2D eigenvalue weighted by atomic mass is 16.2. The van der Waals surface area contributed by atoms with E-state index in [1.54, 1.807) is 10.6 Å². The zero-order chi connectivity index (χ0) is 17.6. The largest absolute Gasteiger partial charge is 0.351 e. The van der Waals surface area contributed by atoms with Crippen molar-refractivity contribution in [1.82, 2.24) is 14.9 Å². The molecule has 5 nitrogen and oxygen atoms in total. The number of aromatic nitrogens is 2. The number of carbonyl (C=O) groups is 1. The molecule has 0 aliphatic carbocycles. The number of carbonyl (C=O) groups excluding carboxylic acids is 1. The number of nitrogens with zero attached hydrogens (tertiary/aromatic N) is 1. The number of benzene rings is 2. The normalized spacial score (nSPS) is 11.6. The van der Waals surface area contributed by atoms with E-state index in [0.717, 1.165) is 28.6 Å². The Kier molecular flexibility index (Phi) is 5.14. The van der Waals surface area contributed by atoms with E-state index in [9.17, 15) is 9.59 Å². The first-order valence-corrected chi connectivity index (χ1v) is 8.40. The van der Waals surface area contributed by atoms with Gasteiger partial charge in [0.05, 0.1) is 11.0 Å². The van der Waals surface area contributed by atoms with Crippen LogP contribution in [0.3, 0.4) is 0 Å². The Balaban J connectivity index is 1.65. The molecule has 3 rings (SSSR count). The Morgan fingerprint density at radius 1 is 1.12 bits per heavy atom. The first kappa shape index (κ1) is 16.8. The van der Waals surface area contributed by atoms with Gasteiger partial charge in [0.15, 0.2) is 0 Å². The van der Waals surface area contributed by atoms with E-state index in [1.807, 2.05) is 61.5 Å². The van der Waals surface area contributed by atoms with Crippen molar-refractivity contribution in [2.24, 2.45) is 0 Å². The lowest BCUT2D eigenvalue weighted by Gasteiger charge is -2.07. The Labute approximate surface area is 146 Å². The third kappa shape index (κ3) is 3.88. The number of aromatic amines is 1. The third-order valence-electron chi connectivity index (χ3n) is 4.15. The Morgan fingerprint density at radius 2 is 1.84 bits per heavy atom. The van der Waals surface area contributed by atoms with E-state index >= 15 is 0 Å². The number of para-hydroxylation sites is 2. The lowest BCUT2D eigenvalue weighted by Crippen LogP contribution is -2.29. The van der Waals surface area contributed by atoms with Gasteiger partial charge in [-0.15, -0.1) is 0 Å². The van der Waals surface area contributed by atoms with Crippen LogP contribution in [0, 0.1) is 0 Å². The molecule has 0 bridgehead atoms. The molecule has 0 fully saturated rings. The summed E-state index contributed by atoms with van der Waals surface area (Å²) in [5.41, 5.74) is 3.52. The van der Waals surface area contributed by atoms with Crippen LogP contribution < -0.4 is 11.0 Å². The van der Waals surface area contributed by atoms with Crippen molar-refractivity contribution in [1.29, 1.82) is 0 Å². The molecule has 0 aliphatic rings. The van der Waals surface area contributed by atoms with Gasteiger partial charge in [-0.1, -0.05) is 49.4 Å². The fourth-order valence-corrected chi connectivity index (χ4v) is 2.87. The van der Waals surface area contributed by atoms with Gasteiger partial charge in [0.25, 0.3) is 0 Å². The van der Waals surface area contributed by atoms with Gasteiger partial charge < -0.3 is 10.3 Å². The van der Waals surface area contributed by atoms with E-state index in [-0.39, 0.29) is 11.6 Å². The average Bonchev–Trinajstić information content (AvgIpc) is 2.96. The summed E-state index contributed by atoms with van der Waals surface area (Å²) in [5.74, 6) is -0.145. The number of hydrogen-bond donors (Lipinski definition) is 2. The Hall–Kier alpha value is -3.08. The maximum Gasteiger partial charge on any atom is 0.326 e. The van der Waals surface area contributed by atoms with Crippen molar-refractivity contribution >= 4 is 22.5 Å². The van der Waals surface area contributed by atoms with Crippen LogP contribution in [0.25, 0.3) is 16.6 Å². The first-order valence-electron chi connectivity index (χ1n) is 8.40. The van der Waals surface area contributed by atoms with Gasteiger partial charge in [-0.3, -0.25) is 9.36 Å². The first-order chi connectivity index (χ1) is 12.2. The molecule has 1 aromatic heterocycles. The van der Waals surface area contributed by atoms with Crippen LogP contribution in [0.1, 0.15) is 18.9 Å². The number of nitrogens with one attached hydrogen (secondary N) is 2. The van der Waals surface area contributed by atoms with Crippen LogP contribution in [0.2, 0.25) is 0 Å². The van der Waals surface area contributed by atoms with Crippen molar-refractivity contribution in [2.45, 2.75) is 19.9 Å². The molecule has 0 atom stereocenters. The van der Waals surface area contributed by atoms with Gasteiger partial charge in [-0.25, -0.2) is 4.79 Å². The third-order valence-corrected chi connectivity index (χ3v) is 4.15. The van der Waals surface area contributed by atoms with Gasteiger partial charge in [-0.2, -0.15) is 0 Å². The van der Waals surface area contributed by atoms with E-state index < -0.39 is 0 Å². The van der Waals surface area contributed by atoms with E-state index in [1.165, 1.54) is 0 Å². The fraction of sp³-hybridized carbons (Fsp3) is 0.200. The van der Waals surface area contributed by atoms with Gasteiger partial charge in [0.2, 0.25) is 5.91 Å². The van der Waals surface area contributed by atoms with Crippen LogP contribution >= 0.6 is 0 Å². The summed E-state index contributed by atoms with van der Waals surface area (Å²) in [5, 5.41) is 2.86. The molecule has 25 heavy (non-hydrogen) atoms. The Morgan fingerprint density at radius 3 is 2.60 bits per heavy atom. The van der Waals surface area contributed by atoms with Crippen molar-refractivity contribution in [2.75, 3.05) is 6.54 Å². The molecule has 1 amide bonds. The molecule has 1 heterocycles.